The number of carbonyl (C=O) groups excluding carboxylic acids is 2. The summed E-state index contributed by atoms with van der Waals surface area (Å²) >= 11 is 0. The lowest BCUT2D eigenvalue weighted by atomic mass is 9.89. The Balaban J connectivity index is 1.09. The molecule has 0 atom stereocenters. The number of para-hydroxylation sites is 1. The number of nitrogens with one attached hydrogen (secondary N) is 3. The summed E-state index contributed by atoms with van der Waals surface area (Å²) < 4.78 is 7.47. The van der Waals surface area contributed by atoms with Gasteiger partial charge >= 0.3 is 0 Å². The van der Waals surface area contributed by atoms with Crippen LogP contribution in [-0.4, -0.2) is 110 Å². The van der Waals surface area contributed by atoms with Crippen LogP contribution in [0.25, 0.3) is 22.4 Å². The minimum Gasteiger partial charge on any atom is -0.494 e. The van der Waals surface area contributed by atoms with Crippen molar-refractivity contribution in [3.8, 4) is 17.1 Å². The second kappa shape index (κ2) is 14.9. The molecule has 2 fully saturated rings. The largest absolute Gasteiger partial charge is 0.494 e. The van der Waals surface area contributed by atoms with E-state index < -0.39 is 5.60 Å². The number of aromatic nitrogens is 5. The highest BCUT2D eigenvalue weighted by molar-refractivity contribution is 6.05. The summed E-state index contributed by atoms with van der Waals surface area (Å²) in [5, 5.41) is 23.1. The van der Waals surface area contributed by atoms with Crippen molar-refractivity contribution in [2.24, 2.45) is 7.05 Å². The van der Waals surface area contributed by atoms with Gasteiger partial charge in [-0.05, 0) is 55.3 Å². The fourth-order valence-corrected chi connectivity index (χ4v) is 7.33. The lowest BCUT2D eigenvalue weighted by Crippen LogP contribution is -2.58. The van der Waals surface area contributed by atoms with Crippen molar-refractivity contribution in [1.82, 2.24) is 34.5 Å². The zero-order valence-electron chi connectivity index (χ0n) is 31.1. The third kappa shape index (κ3) is 7.16. The summed E-state index contributed by atoms with van der Waals surface area (Å²) in [6, 6.07) is 15.6. The van der Waals surface area contributed by atoms with E-state index in [0.717, 1.165) is 53.8 Å². The van der Waals surface area contributed by atoms with Gasteiger partial charge in [0.2, 0.25) is 5.95 Å². The van der Waals surface area contributed by atoms with E-state index in [1.807, 2.05) is 49.5 Å². The predicted molar refractivity (Wildman–Crippen MR) is 206 cm³/mol. The minimum absolute atomic E-state index is 0.158. The molecule has 0 aliphatic carbocycles. The van der Waals surface area contributed by atoms with Crippen LogP contribution in [-0.2, 0) is 24.7 Å². The van der Waals surface area contributed by atoms with Gasteiger partial charge in [-0.2, -0.15) is 10.1 Å². The molecule has 5 aromatic rings. The van der Waals surface area contributed by atoms with E-state index in [1.165, 1.54) is 0 Å². The van der Waals surface area contributed by atoms with Crippen LogP contribution in [0.5, 0.6) is 5.75 Å². The molecule has 0 bridgehead atoms. The Hall–Kier alpha value is -5.47. The first-order valence-electron chi connectivity index (χ1n) is 18.3. The Bertz CT molecular complexity index is 2100. The first kappa shape index (κ1) is 35.9. The molecule has 5 heterocycles. The molecule has 2 amide bonds. The fourth-order valence-electron chi connectivity index (χ4n) is 7.33. The summed E-state index contributed by atoms with van der Waals surface area (Å²) in [4.78, 5) is 45.8. The van der Waals surface area contributed by atoms with Gasteiger partial charge in [-0.1, -0.05) is 32.0 Å². The molecule has 0 saturated carbocycles. The number of hydrogen-bond donors (Lipinski definition) is 4. The highest BCUT2D eigenvalue weighted by Gasteiger charge is 2.42. The molecular weight excluding hydrogens is 672 g/mol. The highest BCUT2D eigenvalue weighted by Crippen LogP contribution is 2.36. The molecule has 4 N–H and O–H groups in total. The van der Waals surface area contributed by atoms with Gasteiger partial charge in [-0.3, -0.25) is 14.3 Å². The van der Waals surface area contributed by atoms with Crippen LogP contribution in [0.4, 0.5) is 23.0 Å². The molecule has 14 heteroatoms. The number of methoxy groups -OCH3 is 1. The lowest BCUT2D eigenvalue weighted by Gasteiger charge is -2.42. The Labute approximate surface area is 309 Å². The number of likely N-dealkylation sites (N-methyl/N-ethyl adjacent to an activating group) is 1. The summed E-state index contributed by atoms with van der Waals surface area (Å²) in [7, 11) is 5.45. The summed E-state index contributed by atoms with van der Waals surface area (Å²) in [5.74, 6) is 0.481. The van der Waals surface area contributed by atoms with Crippen LogP contribution in [0.1, 0.15) is 48.3 Å². The number of fused-ring (bicyclic) bond motifs is 1. The Kier molecular flexibility index (Phi) is 10.1. The number of ether oxygens (including phenoxy) is 1. The first-order valence-corrected chi connectivity index (χ1v) is 18.3. The van der Waals surface area contributed by atoms with Gasteiger partial charge in [0.05, 0.1) is 18.5 Å². The zero-order chi connectivity index (χ0) is 37.3. The van der Waals surface area contributed by atoms with Crippen molar-refractivity contribution in [2.45, 2.75) is 45.1 Å². The van der Waals surface area contributed by atoms with Crippen molar-refractivity contribution < 1.29 is 19.4 Å². The number of aryl methyl sites for hydroxylation is 3. The van der Waals surface area contributed by atoms with Crippen LogP contribution in [0.15, 0.2) is 54.7 Å². The number of aromatic amines is 1. The monoisotopic (exact) mass is 720 g/mol. The van der Waals surface area contributed by atoms with E-state index in [1.54, 1.807) is 36.0 Å². The molecule has 0 unspecified atom stereocenters. The minimum atomic E-state index is -1.35. The van der Waals surface area contributed by atoms with Crippen molar-refractivity contribution in [1.29, 1.82) is 0 Å². The third-order valence-corrected chi connectivity index (χ3v) is 10.6. The predicted octanol–water partition coefficient (Wildman–Crippen LogP) is 4.59. The number of H-pyrrole nitrogens is 1. The van der Waals surface area contributed by atoms with Crippen LogP contribution >= 0.6 is 0 Å². The molecule has 0 radical (unpaired) electrons. The molecule has 2 aliphatic heterocycles. The van der Waals surface area contributed by atoms with Gasteiger partial charge < -0.3 is 40.2 Å². The third-order valence-electron chi connectivity index (χ3n) is 10.6. The fraction of sp³-hybridized carbons (Fsp3) is 0.410. The van der Waals surface area contributed by atoms with Gasteiger partial charge in [0, 0.05) is 88.2 Å². The number of anilines is 4. The normalized spacial score (nSPS) is 16.2. The van der Waals surface area contributed by atoms with Gasteiger partial charge in [0.25, 0.3) is 11.8 Å². The topological polar surface area (TPSA) is 157 Å². The maximum absolute atomic E-state index is 13.5. The molecular formula is C39H48N10O4. The zero-order valence-corrected chi connectivity index (χ0v) is 31.1. The number of aliphatic hydroxyl groups is 1. The smallest absolute Gasteiger partial charge is 0.276 e. The number of nitrogens with zero attached hydrogens (tertiary/aromatic N) is 7. The maximum atomic E-state index is 13.5. The molecule has 0 spiro atoms. The second-order valence-corrected chi connectivity index (χ2v) is 13.9. The van der Waals surface area contributed by atoms with Gasteiger partial charge in [-0.15, -0.1) is 0 Å². The van der Waals surface area contributed by atoms with Crippen LogP contribution in [0.2, 0.25) is 0 Å². The van der Waals surface area contributed by atoms with Crippen LogP contribution in [0, 0.1) is 0 Å². The SMILES string of the molecule is CCc1cccc(CC)c1NC(=O)c1cc(-c2nc(Nc3ccc(N4CCC(O)(C(=O)N5CCN(C)CC5)CC4)cc3OC)nc3[nH]ccc23)n(C)n1. The van der Waals surface area contributed by atoms with Crippen molar-refractivity contribution in [3.63, 3.8) is 0 Å². The average Bonchev–Trinajstić information content (AvgIpc) is 3.82. The average molecular weight is 721 g/mol. The van der Waals surface area contributed by atoms with E-state index in [9.17, 15) is 14.7 Å². The Morgan fingerprint density at radius 1 is 0.943 bits per heavy atom. The van der Waals surface area contributed by atoms with E-state index in [0.29, 0.717) is 73.4 Å². The molecule has 2 saturated heterocycles. The van der Waals surface area contributed by atoms with Gasteiger partial charge in [-0.25, -0.2) is 4.98 Å². The molecule has 14 nitrogen and oxygen atoms in total. The van der Waals surface area contributed by atoms with Crippen LogP contribution < -0.4 is 20.3 Å². The number of rotatable bonds is 10. The summed E-state index contributed by atoms with van der Waals surface area (Å²) in [6.45, 7) is 8.15. The van der Waals surface area contributed by atoms with Gasteiger partial charge in [0.1, 0.15) is 22.7 Å². The first-order chi connectivity index (χ1) is 25.6. The molecule has 2 aromatic carbocycles. The van der Waals surface area contributed by atoms with Crippen molar-refractivity contribution >= 4 is 45.9 Å². The number of carbonyl (C=O) groups is 2. The highest BCUT2D eigenvalue weighted by atomic mass is 16.5. The summed E-state index contributed by atoms with van der Waals surface area (Å²) in [6.07, 6.45) is 4.12. The van der Waals surface area contributed by atoms with Gasteiger partial charge in [0.15, 0.2) is 5.69 Å². The molecule has 7 rings (SSSR count). The van der Waals surface area contributed by atoms with E-state index in [2.05, 4.69) is 44.4 Å². The number of benzene rings is 2. The number of hydrogen-bond acceptors (Lipinski definition) is 10. The summed E-state index contributed by atoms with van der Waals surface area (Å²) in [5.41, 5.74) is 5.41. The molecule has 53 heavy (non-hydrogen) atoms. The molecule has 3 aromatic heterocycles. The quantitative estimate of drug-likeness (QED) is 0.161. The van der Waals surface area contributed by atoms with Crippen molar-refractivity contribution in [2.75, 3.05) is 69.0 Å². The number of amides is 2. The molecule has 278 valence electrons. The molecule has 2 aliphatic rings. The van der Waals surface area contributed by atoms with Crippen molar-refractivity contribution in [3.05, 3.63) is 71.5 Å². The van der Waals surface area contributed by atoms with E-state index in [-0.39, 0.29) is 17.5 Å². The maximum Gasteiger partial charge on any atom is 0.276 e. The standard InChI is InChI=1S/C39H48N10O4/c1-6-25-9-8-10-26(7-2)33(25)42-36(50)30-24-31(47(4)45-30)34-28-13-16-40-35(28)44-38(43-34)41-29-12-11-27(23-32(29)53-5)48-17-14-39(52,15-18-48)37(51)49-21-19-46(3)20-22-49/h8-13,16,23-24,52H,6-7,14-15,17-22H2,1-5H3,(H,42,50)(H2,40,41,43,44). The van der Waals surface area contributed by atoms with E-state index >= 15 is 0 Å². The Morgan fingerprint density at radius 2 is 1.66 bits per heavy atom. The van der Waals surface area contributed by atoms with Crippen LogP contribution in [0.3, 0.4) is 0 Å². The Morgan fingerprint density at radius 3 is 2.34 bits per heavy atom. The number of piperazine rings is 1. The number of piperidine rings is 1. The lowest BCUT2D eigenvalue weighted by molar-refractivity contribution is -0.155. The second-order valence-electron chi connectivity index (χ2n) is 13.9. The van der Waals surface area contributed by atoms with E-state index in [4.69, 9.17) is 14.7 Å².